The van der Waals surface area contributed by atoms with Gasteiger partial charge in [-0.05, 0) is 36.2 Å². The lowest BCUT2D eigenvalue weighted by molar-refractivity contribution is 0.915. The van der Waals surface area contributed by atoms with Crippen molar-refractivity contribution >= 4 is 17.3 Å². The van der Waals surface area contributed by atoms with E-state index in [0.717, 1.165) is 22.8 Å². The lowest BCUT2D eigenvalue weighted by Crippen LogP contribution is -2.18. The van der Waals surface area contributed by atoms with Crippen LogP contribution in [0.4, 0.5) is 5.69 Å². The fourth-order valence-corrected chi connectivity index (χ4v) is 2.32. The molecule has 0 fully saturated rings. The molecule has 0 aliphatic heterocycles. The quantitative estimate of drug-likeness (QED) is 0.837. The average molecular weight is 271 g/mol. The first-order chi connectivity index (χ1) is 9.11. The molecule has 0 saturated carbocycles. The third-order valence-corrected chi connectivity index (χ3v) is 3.32. The second-order valence-electron chi connectivity index (χ2n) is 4.57. The van der Waals surface area contributed by atoms with Crippen molar-refractivity contribution in [2.45, 2.75) is 13.5 Å². The van der Waals surface area contributed by atoms with Gasteiger partial charge in [-0.1, -0.05) is 35.9 Å². The van der Waals surface area contributed by atoms with Crippen LogP contribution in [0.5, 0.6) is 0 Å². The highest BCUT2D eigenvalue weighted by Gasteiger charge is 2.10. The zero-order chi connectivity index (χ0) is 13.8. The van der Waals surface area contributed by atoms with Gasteiger partial charge in [0.25, 0.3) is 0 Å². The van der Waals surface area contributed by atoms with Crippen molar-refractivity contribution < 1.29 is 0 Å². The average Bonchev–Trinajstić information content (AvgIpc) is 2.40. The molecule has 0 aromatic heterocycles. The maximum absolute atomic E-state index is 9.20. The van der Waals surface area contributed by atoms with E-state index < -0.39 is 0 Å². The van der Waals surface area contributed by atoms with Crippen molar-refractivity contribution in [3.05, 3.63) is 64.2 Å². The van der Waals surface area contributed by atoms with Crippen LogP contribution in [0.3, 0.4) is 0 Å². The van der Waals surface area contributed by atoms with E-state index in [0.29, 0.717) is 5.56 Å². The molecule has 96 valence electrons. The summed E-state index contributed by atoms with van der Waals surface area (Å²) in [6.45, 7) is 2.77. The van der Waals surface area contributed by atoms with Crippen molar-refractivity contribution in [1.82, 2.24) is 0 Å². The molecule has 2 aromatic rings. The highest BCUT2D eigenvalue weighted by Crippen LogP contribution is 2.25. The molecule has 2 aromatic carbocycles. The van der Waals surface area contributed by atoms with E-state index in [1.807, 2.05) is 56.4 Å². The summed E-state index contributed by atoms with van der Waals surface area (Å²) in [5.74, 6) is 0. The molecule has 19 heavy (non-hydrogen) atoms. The van der Waals surface area contributed by atoms with E-state index in [9.17, 15) is 5.26 Å². The monoisotopic (exact) mass is 270 g/mol. The second kappa shape index (κ2) is 5.77. The molecule has 3 heteroatoms. The Morgan fingerprint density at radius 2 is 1.84 bits per heavy atom. The zero-order valence-electron chi connectivity index (χ0n) is 11.0. The fourth-order valence-electron chi connectivity index (χ4n) is 2.20. The molecule has 0 N–H and O–H groups in total. The van der Waals surface area contributed by atoms with Crippen LogP contribution in [0.1, 0.15) is 16.7 Å². The van der Waals surface area contributed by atoms with Crippen molar-refractivity contribution in [1.29, 1.82) is 5.26 Å². The maximum Gasteiger partial charge on any atom is 0.101 e. The molecule has 0 amide bonds. The van der Waals surface area contributed by atoms with Crippen LogP contribution >= 0.6 is 11.6 Å². The summed E-state index contributed by atoms with van der Waals surface area (Å²) in [4.78, 5) is 2.09. The molecule has 2 nitrogen and oxygen atoms in total. The van der Waals surface area contributed by atoms with E-state index >= 15 is 0 Å². The van der Waals surface area contributed by atoms with Crippen LogP contribution in [0.2, 0.25) is 5.02 Å². The van der Waals surface area contributed by atoms with Gasteiger partial charge in [0, 0.05) is 18.6 Å². The molecule has 2 rings (SSSR count). The summed E-state index contributed by atoms with van der Waals surface area (Å²) in [6, 6.07) is 15.8. The summed E-state index contributed by atoms with van der Waals surface area (Å²) in [6.07, 6.45) is 0. The Hall–Kier alpha value is -1.98. The van der Waals surface area contributed by atoms with Gasteiger partial charge in [0.15, 0.2) is 0 Å². The lowest BCUT2D eigenvalue weighted by Gasteiger charge is -2.22. The number of anilines is 1. The second-order valence-corrected chi connectivity index (χ2v) is 5.00. The predicted octanol–water partition coefficient (Wildman–Crippen LogP) is 4.16. The largest absolute Gasteiger partial charge is 0.369 e. The van der Waals surface area contributed by atoms with Gasteiger partial charge in [-0.15, -0.1) is 0 Å². The van der Waals surface area contributed by atoms with Gasteiger partial charge in [0.1, 0.15) is 6.07 Å². The van der Waals surface area contributed by atoms with E-state index in [4.69, 9.17) is 11.6 Å². The number of nitriles is 1. The first kappa shape index (κ1) is 13.5. The van der Waals surface area contributed by atoms with Crippen molar-refractivity contribution in [2.24, 2.45) is 0 Å². The Morgan fingerprint density at radius 1 is 1.16 bits per heavy atom. The number of aryl methyl sites for hydroxylation is 1. The minimum absolute atomic E-state index is 0.705. The van der Waals surface area contributed by atoms with Crippen LogP contribution in [0, 0.1) is 18.3 Å². The van der Waals surface area contributed by atoms with Gasteiger partial charge in [-0.2, -0.15) is 5.26 Å². The first-order valence-corrected chi connectivity index (χ1v) is 6.45. The molecule has 0 unspecified atom stereocenters. The number of rotatable bonds is 3. The number of hydrogen-bond donors (Lipinski definition) is 0. The molecule has 0 spiro atoms. The molecular weight excluding hydrogens is 256 g/mol. The Balaban J connectivity index is 2.28. The normalized spacial score (nSPS) is 10.0. The van der Waals surface area contributed by atoms with Gasteiger partial charge >= 0.3 is 0 Å². The van der Waals surface area contributed by atoms with Gasteiger partial charge < -0.3 is 4.90 Å². The van der Waals surface area contributed by atoms with Crippen molar-refractivity contribution in [3.63, 3.8) is 0 Å². The summed E-state index contributed by atoms with van der Waals surface area (Å²) in [5.41, 5.74) is 3.96. The summed E-state index contributed by atoms with van der Waals surface area (Å²) in [5, 5.41) is 9.94. The van der Waals surface area contributed by atoms with Gasteiger partial charge in [-0.3, -0.25) is 0 Å². The Kier molecular flexibility index (Phi) is 4.09. The molecule has 0 aliphatic carbocycles. The first-order valence-electron chi connectivity index (χ1n) is 6.07. The number of nitrogens with zero attached hydrogens (tertiary/aromatic N) is 2. The van der Waals surface area contributed by atoms with E-state index in [-0.39, 0.29) is 0 Å². The fraction of sp³-hybridized carbons (Fsp3) is 0.188. The summed E-state index contributed by atoms with van der Waals surface area (Å²) < 4.78 is 0. The summed E-state index contributed by atoms with van der Waals surface area (Å²) >= 11 is 5.88. The molecule has 0 aliphatic rings. The number of hydrogen-bond acceptors (Lipinski definition) is 2. The van der Waals surface area contributed by atoms with Crippen molar-refractivity contribution in [3.8, 4) is 6.07 Å². The van der Waals surface area contributed by atoms with Crippen LogP contribution in [-0.4, -0.2) is 7.05 Å². The standard InChI is InChI=1S/C16H15ClN2/c1-12-4-3-5-14(10-18)16(12)19(2)11-13-6-8-15(17)9-7-13/h3-9H,11H2,1-2H3. The smallest absolute Gasteiger partial charge is 0.101 e. The predicted molar refractivity (Wildman–Crippen MR) is 79.5 cm³/mol. The third-order valence-electron chi connectivity index (χ3n) is 3.07. The minimum atomic E-state index is 0.705. The van der Waals surface area contributed by atoms with Gasteiger partial charge in [0.2, 0.25) is 0 Å². The van der Waals surface area contributed by atoms with E-state index in [2.05, 4.69) is 11.0 Å². The van der Waals surface area contributed by atoms with E-state index in [1.165, 1.54) is 5.56 Å². The molecule has 0 saturated heterocycles. The maximum atomic E-state index is 9.20. The Bertz CT molecular complexity index is 612. The Morgan fingerprint density at radius 3 is 2.47 bits per heavy atom. The number of benzene rings is 2. The lowest BCUT2D eigenvalue weighted by atomic mass is 10.1. The van der Waals surface area contributed by atoms with Crippen molar-refractivity contribution in [2.75, 3.05) is 11.9 Å². The van der Waals surface area contributed by atoms with Crippen LogP contribution in [0.15, 0.2) is 42.5 Å². The van der Waals surface area contributed by atoms with Crippen LogP contribution in [-0.2, 0) is 6.54 Å². The zero-order valence-corrected chi connectivity index (χ0v) is 11.8. The third kappa shape index (κ3) is 3.07. The molecule has 0 atom stereocenters. The van der Waals surface area contributed by atoms with Gasteiger partial charge in [-0.25, -0.2) is 0 Å². The topological polar surface area (TPSA) is 27.0 Å². The number of halogens is 1. The van der Waals surface area contributed by atoms with Crippen LogP contribution in [0.25, 0.3) is 0 Å². The summed E-state index contributed by atoms with van der Waals surface area (Å²) in [7, 11) is 2.00. The molecule has 0 radical (unpaired) electrons. The highest BCUT2D eigenvalue weighted by molar-refractivity contribution is 6.30. The Labute approximate surface area is 118 Å². The molecular formula is C16H15ClN2. The van der Waals surface area contributed by atoms with Gasteiger partial charge in [0.05, 0.1) is 11.3 Å². The SMILES string of the molecule is Cc1cccc(C#N)c1N(C)Cc1ccc(Cl)cc1. The molecule has 0 bridgehead atoms. The highest BCUT2D eigenvalue weighted by atomic mass is 35.5. The number of para-hydroxylation sites is 1. The molecule has 0 heterocycles. The van der Waals surface area contributed by atoms with E-state index in [1.54, 1.807) is 0 Å². The minimum Gasteiger partial charge on any atom is -0.369 e. The van der Waals surface area contributed by atoms with Crippen LogP contribution < -0.4 is 4.90 Å².